The minimum absolute atomic E-state index is 0.0409. The van der Waals surface area contributed by atoms with Gasteiger partial charge in [-0.15, -0.1) is 0 Å². The van der Waals surface area contributed by atoms with Crippen LogP contribution in [0, 0.1) is 0 Å². The molecule has 0 radical (unpaired) electrons. The summed E-state index contributed by atoms with van der Waals surface area (Å²) in [5, 5.41) is 10.6. The monoisotopic (exact) mass is 495 g/mol. The number of piperidine rings is 1. The van der Waals surface area contributed by atoms with Crippen molar-refractivity contribution in [1.82, 2.24) is 14.7 Å². The van der Waals surface area contributed by atoms with Crippen molar-refractivity contribution in [3.8, 4) is 0 Å². The molecule has 1 unspecified atom stereocenters. The van der Waals surface area contributed by atoms with Crippen LogP contribution in [0.15, 0.2) is 24.3 Å². The Hall–Kier alpha value is -2.09. The topological polar surface area (TPSA) is 81.2 Å². The molecule has 9 heteroatoms. The molecular formula is C24H31Cl2N3O4. The van der Waals surface area contributed by atoms with Gasteiger partial charge >= 0.3 is 0 Å². The summed E-state index contributed by atoms with van der Waals surface area (Å²) < 4.78 is 0. The largest absolute Gasteiger partial charge is 0.394 e. The molecule has 180 valence electrons. The maximum absolute atomic E-state index is 12.8. The second-order valence-electron chi connectivity index (χ2n) is 8.87. The van der Waals surface area contributed by atoms with Gasteiger partial charge in [-0.3, -0.25) is 14.4 Å². The van der Waals surface area contributed by atoms with Crippen LogP contribution >= 0.6 is 23.2 Å². The van der Waals surface area contributed by atoms with Crippen LogP contribution in [0.25, 0.3) is 6.08 Å². The van der Waals surface area contributed by atoms with E-state index in [1.807, 2.05) is 6.92 Å². The number of carbonyl (C=O) groups excluding carboxylic acids is 3. The molecule has 0 aromatic heterocycles. The Morgan fingerprint density at radius 1 is 1.12 bits per heavy atom. The van der Waals surface area contributed by atoms with E-state index in [0.717, 1.165) is 24.8 Å². The SMILES string of the molecule is CC1(CO)CCCCN1C(=O)CCN1CCN(C(=O)/C=C/c2ccc(Cl)c(Cl)c2)CCC1=O. The van der Waals surface area contributed by atoms with Gasteiger partial charge in [-0.25, -0.2) is 0 Å². The fraction of sp³-hybridized carbons (Fsp3) is 0.542. The summed E-state index contributed by atoms with van der Waals surface area (Å²) in [4.78, 5) is 43.1. The summed E-state index contributed by atoms with van der Waals surface area (Å²) >= 11 is 11.9. The molecule has 2 aliphatic heterocycles. The lowest BCUT2D eigenvalue weighted by Crippen LogP contribution is -2.55. The summed E-state index contributed by atoms with van der Waals surface area (Å²) in [7, 11) is 0. The zero-order valence-electron chi connectivity index (χ0n) is 18.9. The summed E-state index contributed by atoms with van der Waals surface area (Å²) in [5.41, 5.74) is 0.235. The molecule has 2 heterocycles. The quantitative estimate of drug-likeness (QED) is 0.614. The third-order valence-corrected chi connectivity index (χ3v) is 7.24. The Balaban J connectivity index is 1.53. The van der Waals surface area contributed by atoms with E-state index in [1.165, 1.54) is 6.08 Å². The molecule has 0 spiro atoms. The summed E-state index contributed by atoms with van der Waals surface area (Å²) in [6.07, 6.45) is 6.28. The Kier molecular flexibility index (Phi) is 8.79. The van der Waals surface area contributed by atoms with Crippen LogP contribution in [0.5, 0.6) is 0 Å². The van der Waals surface area contributed by atoms with E-state index >= 15 is 0 Å². The van der Waals surface area contributed by atoms with Gasteiger partial charge in [0.1, 0.15) is 0 Å². The molecule has 1 atom stereocenters. The number of hydrogen-bond acceptors (Lipinski definition) is 4. The van der Waals surface area contributed by atoms with Gasteiger partial charge in [-0.1, -0.05) is 29.3 Å². The predicted molar refractivity (Wildman–Crippen MR) is 129 cm³/mol. The highest BCUT2D eigenvalue weighted by Crippen LogP contribution is 2.28. The van der Waals surface area contributed by atoms with Gasteiger partial charge in [0.25, 0.3) is 0 Å². The first-order chi connectivity index (χ1) is 15.7. The first kappa shape index (κ1) is 25.5. The highest BCUT2D eigenvalue weighted by Gasteiger charge is 2.37. The van der Waals surface area contributed by atoms with Crippen LogP contribution in [0.2, 0.25) is 10.0 Å². The molecule has 1 aromatic carbocycles. The molecule has 1 N–H and O–H groups in total. The number of aliphatic hydroxyl groups is 1. The van der Waals surface area contributed by atoms with Crippen LogP contribution in [-0.4, -0.2) is 82.4 Å². The number of likely N-dealkylation sites (tertiary alicyclic amines) is 1. The van der Waals surface area contributed by atoms with Crippen LogP contribution in [0.3, 0.4) is 0 Å². The lowest BCUT2D eigenvalue weighted by Gasteiger charge is -2.44. The second-order valence-corrected chi connectivity index (χ2v) is 9.68. The Morgan fingerprint density at radius 3 is 2.64 bits per heavy atom. The fourth-order valence-corrected chi connectivity index (χ4v) is 4.66. The lowest BCUT2D eigenvalue weighted by atomic mass is 9.89. The average molecular weight is 496 g/mol. The van der Waals surface area contributed by atoms with Crippen molar-refractivity contribution in [2.45, 2.75) is 44.6 Å². The van der Waals surface area contributed by atoms with Crippen molar-refractivity contribution < 1.29 is 19.5 Å². The third-order valence-electron chi connectivity index (χ3n) is 6.50. The maximum Gasteiger partial charge on any atom is 0.246 e. The number of aliphatic hydroxyl groups excluding tert-OH is 1. The van der Waals surface area contributed by atoms with E-state index in [2.05, 4.69) is 0 Å². The van der Waals surface area contributed by atoms with Crippen molar-refractivity contribution in [2.75, 3.05) is 39.3 Å². The van der Waals surface area contributed by atoms with E-state index in [-0.39, 0.29) is 37.2 Å². The summed E-state index contributed by atoms with van der Waals surface area (Å²) in [6.45, 7) is 3.93. The first-order valence-corrected chi connectivity index (χ1v) is 12.1. The van der Waals surface area contributed by atoms with Gasteiger partial charge in [0, 0.05) is 51.6 Å². The Morgan fingerprint density at radius 2 is 1.91 bits per heavy atom. The average Bonchev–Trinajstić information content (AvgIpc) is 2.99. The molecule has 2 fully saturated rings. The number of amides is 3. The van der Waals surface area contributed by atoms with E-state index < -0.39 is 5.54 Å². The molecule has 0 aliphatic carbocycles. The predicted octanol–water partition coefficient (Wildman–Crippen LogP) is 3.22. The lowest BCUT2D eigenvalue weighted by molar-refractivity contribution is -0.142. The molecule has 2 saturated heterocycles. The van der Waals surface area contributed by atoms with E-state index in [9.17, 15) is 19.5 Å². The maximum atomic E-state index is 12.8. The van der Waals surface area contributed by atoms with E-state index in [1.54, 1.807) is 39.0 Å². The van der Waals surface area contributed by atoms with Crippen molar-refractivity contribution in [3.63, 3.8) is 0 Å². The van der Waals surface area contributed by atoms with Crippen LogP contribution < -0.4 is 0 Å². The van der Waals surface area contributed by atoms with Crippen LogP contribution in [0.4, 0.5) is 0 Å². The minimum atomic E-state index is -0.526. The van der Waals surface area contributed by atoms with Gasteiger partial charge in [-0.05, 0) is 50.0 Å². The molecular weight excluding hydrogens is 465 g/mol. The molecule has 3 amide bonds. The van der Waals surface area contributed by atoms with Crippen LogP contribution in [0.1, 0.15) is 44.6 Å². The van der Waals surface area contributed by atoms with Crippen molar-refractivity contribution in [3.05, 3.63) is 39.9 Å². The molecule has 7 nitrogen and oxygen atoms in total. The molecule has 3 rings (SSSR count). The van der Waals surface area contributed by atoms with E-state index in [4.69, 9.17) is 23.2 Å². The van der Waals surface area contributed by atoms with Gasteiger partial charge < -0.3 is 19.8 Å². The van der Waals surface area contributed by atoms with Crippen LogP contribution in [-0.2, 0) is 14.4 Å². The molecule has 33 heavy (non-hydrogen) atoms. The highest BCUT2D eigenvalue weighted by molar-refractivity contribution is 6.42. The zero-order chi connectivity index (χ0) is 24.0. The van der Waals surface area contributed by atoms with Crippen molar-refractivity contribution in [1.29, 1.82) is 0 Å². The Bertz CT molecular complexity index is 923. The number of rotatable bonds is 6. The smallest absolute Gasteiger partial charge is 0.246 e. The number of hydrogen-bond donors (Lipinski definition) is 1. The van der Waals surface area contributed by atoms with E-state index in [0.29, 0.717) is 42.8 Å². The molecule has 1 aromatic rings. The number of benzene rings is 1. The number of carbonyl (C=O) groups is 3. The minimum Gasteiger partial charge on any atom is -0.394 e. The first-order valence-electron chi connectivity index (χ1n) is 11.3. The summed E-state index contributed by atoms with van der Waals surface area (Å²) in [5.74, 6) is -0.283. The zero-order valence-corrected chi connectivity index (χ0v) is 20.4. The third kappa shape index (κ3) is 6.49. The molecule has 0 bridgehead atoms. The van der Waals surface area contributed by atoms with Crippen molar-refractivity contribution >= 4 is 47.0 Å². The standard InChI is InChI=1S/C24H31Cl2N3O4/c1-24(17-30)10-2-3-11-29(24)23(33)9-13-28-15-14-27(12-8-22(28)32)21(31)7-5-18-4-6-19(25)20(26)16-18/h4-7,16,30H,2-3,8-15,17H2,1H3/b7-5+. The van der Waals surface area contributed by atoms with Gasteiger partial charge in [-0.2, -0.15) is 0 Å². The number of halogens is 2. The second kappa shape index (κ2) is 11.4. The van der Waals surface area contributed by atoms with Gasteiger partial charge in [0.05, 0.1) is 22.2 Å². The highest BCUT2D eigenvalue weighted by atomic mass is 35.5. The van der Waals surface area contributed by atoms with Gasteiger partial charge in [0.2, 0.25) is 17.7 Å². The molecule has 0 saturated carbocycles. The summed E-state index contributed by atoms with van der Waals surface area (Å²) in [6, 6.07) is 5.13. The molecule has 2 aliphatic rings. The fourth-order valence-electron chi connectivity index (χ4n) is 4.35. The normalized spacial score (nSPS) is 22.1. The van der Waals surface area contributed by atoms with Crippen molar-refractivity contribution in [2.24, 2.45) is 0 Å². The van der Waals surface area contributed by atoms with Gasteiger partial charge in [0.15, 0.2) is 0 Å². The Labute approximate surface area is 204 Å². The number of nitrogens with zero attached hydrogens (tertiary/aromatic N) is 3.